The van der Waals surface area contributed by atoms with Gasteiger partial charge in [-0.15, -0.1) is 0 Å². The fourth-order valence-corrected chi connectivity index (χ4v) is 2.89. The van der Waals surface area contributed by atoms with E-state index >= 15 is 0 Å². The molecule has 0 aliphatic carbocycles. The van der Waals surface area contributed by atoms with Crippen molar-refractivity contribution in [1.29, 1.82) is 0 Å². The zero-order chi connectivity index (χ0) is 14.4. The largest absolute Gasteiger partial charge is 0.303 e. The smallest absolute Gasteiger partial charge is 0.169 e. The molecule has 0 radical (unpaired) electrons. The zero-order valence-corrected chi connectivity index (χ0v) is 12.3. The molecule has 110 valence electrons. The number of nitrogens with zero attached hydrogens (tertiary/aromatic N) is 1. The van der Waals surface area contributed by atoms with E-state index in [-0.39, 0.29) is 17.3 Å². The third-order valence-electron chi connectivity index (χ3n) is 4.07. The monoisotopic (exact) mass is 277 g/mol. The highest BCUT2D eigenvalue weighted by atomic mass is 19.1. The number of Topliss-reactive ketones (excluding diaryl/α,β-unsaturated/α-hetero) is 1. The van der Waals surface area contributed by atoms with Crippen LogP contribution in [0.3, 0.4) is 0 Å². The van der Waals surface area contributed by atoms with E-state index in [0.29, 0.717) is 0 Å². The number of hydrogen-bond acceptors (Lipinski definition) is 2. The Morgan fingerprint density at radius 1 is 1.15 bits per heavy atom. The number of ketones is 1. The van der Waals surface area contributed by atoms with Gasteiger partial charge < -0.3 is 4.90 Å². The van der Waals surface area contributed by atoms with Gasteiger partial charge in [0.2, 0.25) is 0 Å². The molecular weight excluding hydrogens is 253 g/mol. The molecule has 2 rings (SSSR count). The van der Waals surface area contributed by atoms with Gasteiger partial charge in [0.25, 0.3) is 0 Å². The topological polar surface area (TPSA) is 20.3 Å². The van der Waals surface area contributed by atoms with Crippen molar-refractivity contribution in [3.63, 3.8) is 0 Å². The van der Waals surface area contributed by atoms with Crippen molar-refractivity contribution in [3.8, 4) is 0 Å². The molecule has 1 saturated heterocycles. The van der Waals surface area contributed by atoms with Crippen LogP contribution in [0.25, 0.3) is 0 Å². The highest BCUT2D eigenvalue weighted by Crippen LogP contribution is 2.16. The Morgan fingerprint density at radius 3 is 2.40 bits per heavy atom. The highest BCUT2D eigenvalue weighted by Gasteiger charge is 2.21. The summed E-state index contributed by atoms with van der Waals surface area (Å²) >= 11 is 0. The number of halogens is 1. The van der Waals surface area contributed by atoms with Crippen LogP contribution in [0.1, 0.15) is 49.4 Å². The molecule has 1 heterocycles. The van der Waals surface area contributed by atoms with Gasteiger partial charge in [-0.05, 0) is 38.1 Å². The predicted octanol–water partition coefficient (Wildman–Crippen LogP) is 3.91. The summed E-state index contributed by atoms with van der Waals surface area (Å²) in [6, 6.07) is 6.28. The van der Waals surface area contributed by atoms with E-state index in [9.17, 15) is 9.18 Å². The lowest BCUT2D eigenvalue weighted by Gasteiger charge is -2.26. The molecule has 1 aromatic carbocycles. The van der Waals surface area contributed by atoms with Gasteiger partial charge in [-0.2, -0.15) is 0 Å². The molecule has 0 bridgehead atoms. The molecule has 0 aromatic heterocycles. The summed E-state index contributed by atoms with van der Waals surface area (Å²) in [6.07, 6.45) is 6.32. The van der Waals surface area contributed by atoms with E-state index in [1.807, 2.05) is 6.92 Å². The maximum atomic E-state index is 13.7. The first-order chi connectivity index (χ1) is 9.68. The first-order valence-electron chi connectivity index (χ1n) is 7.69. The average molecular weight is 277 g/mol. The summed E-state index contributed by atoms with van der Waals surface area (Å²) in [7, 11) is 0. The lowest BCUT2D eigenvalue weighted by molar-refractivity contribution is 0.0885. The lowest BCUT2D eigenvalue weighted by atomic mass is 9.97. The van der Waals surface area contributed by atoms with E-state index in [2.05, 4.69) is 4.90 Å². The summed E-state index contributed by atoms with van der Waals surface area (Å²) in [6.45, 7) is 4.78. The highest BCUT2D eigenvalue weighted by molar-refractivity contribution is 5.98. The molecule has 1 atom stereocenters. The van der Waals surface area contributed by atoms with E-state index in [1.165, 1.54) is 38.2 Å². The number of rotatable bonds is 4. The molecule has 1 unspecified atom stereocenters. The van der Waals surface area contributed by atoms with Gasteiger partial charge in [0.15, 0.2) is 5.78 Å². The van der Waals surface area contributed by atoms with Crippen LogP contribution in [-0.4, -0.2) is 30.3 Å². The van der Waals surface area contributed by atoms with E-state index in [4.69, 9.17) is 0 Å². The summed E-state index contributed by atoms with van der Waals surface area (Å²) in [5.41, 5.74) is 0.229. The van der Waals surface area contributed by atoms with Gasteiger partial charge >= 0.3 is 0 Å². The minimum atomic E-state index is -0.406. The van der Waals surface area contributed by atoms with E-state index < -0.39 is 5.82 Å². The standard InChI is InChI=1S/C17H24FNO/c1-14(13-19-11-7-3-2-4-8-12-19)17(20)15-9-5-6-10-16(15)18/h5-6,9-10,14H,2-4,7-8,11-13H2,1H3. The number of hydrogen-bond donors (Lipinski definition) is 0. The molecule has 0 saturated carbocycles. The van der Waals surface area contributed by atoms with Crippen LogP contribution in [0.15, 0.2) is 24.3 Å². The summed E-state index contributed by atoms with van der Waals surface area (Å²) in [5.74, 6) is -0.631. The van der Waals surface area contributed by atoms with Gasteiger partial charge in [-0.1, -0.05) is 38.3 Å². The normalized spacial score (nSPS) is 19.1. The number of likely N-dealkylation sites (tertiary alicyclic amines) is 1. The first-order valence-corrected chi connectivity index (χ1v) is 7.69. The van der Waals surface area contributed by atoms with Crippen LogP contribution in [-0.2, 0) is 0 Å². The Morgan fingerprint density at radius 2 is 1.75 bits per heavy atom. The lowest BCUT2D eigenvalue weighted by Crippen LogP contribution is -2.34. The molecule has 1 aliphatic heterocycles. The molecule has 1 aliphatic rings. The quantitative estimate of drug-likeness (QED) is 0.778. The molecule has 1 aromatic rings. The third-order valence-corrected chi connectivity index (χ3v) is 4.07. The van der Waals surface area contributed by atoms with Crippen molar-refractivity contribution in [2.24, 2.45) is 5.92 Å². The second-order valence-corrected chi connectivity index (χ2v) is 5.81. The van der Waals surface area contributed by atoms with E-state index in [1.54, 1.807) is 18.2 Å². The number of carbonyl (C=O) groups is 1. The number of carbonyl (C=O) groups excluding carboxylic acids is 1. The van der Waals surface area contributed by atoms with Crippen molar-refractivity contribution in [1.82, 2.24) is 4.90 Å². The van der Waals surface area contributed by atoms with Gasteiger partial charge in [-0.3, -0.25) is 4.79 Å². The fourth-order valence-electron chi connectivity index (χ4n) is 2.89. The Labute approximate surface area is 121 Å². The molecular formula is C17H24FNO. The maximum Gasteiger partial charge on any atom is 0.169 e. The summed E-state index contributed by atoms with van der Waals surface area (Å²) in [5, 5.41) is 0. The SMILES string of the molecule is CC(CN1CCCCCCC1)C(=O)c1ccccc1F. The first kappa shape index (κ1) is 15.2. The van der Waals surface area contributed by atoms with E-state index in [0.717, 1.165) is 19.6 Å². The molecule has 20 heavy (non-hydrogen) atoms. The predicted molar refractivity (Wildman–Crippen MR) is 79.4 cm³/mol. The molecule has 2 nitrogen and oxygen atoms in total. The number of benzene rings is 1. The van der Waals surface area contributed by atoms with Gasteiger partial charge in [0, 0.05) is 12.5 Å². The fraction of sp³-hybridized carbons (Fsp3) is 0.588. The molecule has 0 amide bonds. The zero-order valence-electron chi connectivity index (χ0n) is 12.3. The van der Waals surface area contributed by atoms with Crippen LogP contribution in [0.5, 0.6) is 0 Å². The second kappa shape index (κ2) is 7.53. The summed E-state index contributed by atoms with van der Waals surface area (Å²) < 4.78 is 13.7. The molecule has 0 spiro atoms. The van der Waals surface area contributed by atoms with Crippen molar-refractivity contribution in [2.45, 2.75) is 39.0 Å². The van der Waals surface area contributed by atoms with Gasteiger partial charge in [-0.25, -0.2) is 4.39 Å². The Hall–Kier alpha value is -1.22. The van der Waals surface area contributed by atoms with Crippen LogP contribution in [0.4, 0.5) is 4.39 Å². The minimum Gasteiger partial charge on any atom is -0.303 e. The van der Waals surface area contributed by atoms with Crippen LogP contribution >= 0.6 is 0 Å². The Kier molecular flexibility index (Phi) is 5.72. The van der Waals surface area contributed by atoms with Crippen molar-refractivity contribution < 1.29 is 9.18 Å². The van der Waals surface area contributed by atoms with Crippen molar-refractivity contribution in [3.05, 3.63) is 35.6 Å². The molecule has 0 N–H and O–H groups in total. The van der Waals surface area contributed by atoms with Gasteiger partial charge in [0.1, 0.15) is 5.82 Å². The van der Waals surface area contributed by atoms with Crippen LogP contribution < -0.4 is 0 Å². The van der Waals surface area contributed by atoms with Gasteiger partial charge in [0.05, 0.1) is 5.56 Å². The third kappa shape index (κ3) is 4.14. The van der Waals surface area contributed by atoms with Crippen LogP contribution in [0.2, 0.25) is 0 Å². The molecule has 3 heteroatoms. The second-order valence-electron chi connectivity index (χ2n) is 5.81. The average Bonchev–Trinajstić information content (AvgIpc) is 2.41. The van der Waals surface area contributed by atoms with Crippen LogP contribution in [0, 0.1) is 11.7 Å². The maximum absolute atomic E-state index is 13.7. The Bertz CT molecular complexity index is 438. The van der Waals surface area contributed by atoms with Crippen molar-refractivity contribution >= 4 is 5.78 Å². The summed E-state index contributed by atoms with van der Waals surface area (Å²) in [4.78, 5) is 14.7. The minimum absolute atomic E-state index is 0.0786. The Balaban J connectivity index is 1.94. The van der Waals surface area contributed by atoms with Crippen molar-refractivity contribution in [2.75, 3.05) is 19.6 Å². The molecule has 1 fully saturated rings.